The van der Waals surface area contributed by atoms with Crippen molar-refractivity contribution in [3.63, 3.8) is 0 Å². The average Bonchev–Trinajstić information content (AvgIpc) is 2.52. The van der Waals surface area contributed by atoms with E-state index in [0.717, 1.165) is 5.82 Å². The van der Waals surface area contributed by atoms with Gasteiger partial charge in [-0.2, -0.15) is 0 Å². The van der Waals surface area contributed by atoms with Gasteiger partial charge in [-0.3, -0.25) is 9.89 Å². The molecule has 1 rings (SSSR count). The second kappa shape index (κ2) is 4.99. The molecule has 1 aromatic rings. The Morgan fingerprint density at radius 2 is 2.36 bits per heavy atom. The first-order valence-electron chi connectivity index (χ1n) is 4.36. The van der Waals surface area contributed by atoms with Gasteiger partial charge in [0.05, 0.1) is 6.42 Å². The van der Waals surface area contributed by atoms with Gasteiger partial charge < -0.3 is 5.11 Å². The van der Waals surface area contributed by atoms with Crippen LogP contribution in [0.4, 0.5) is 0 Å². The molecular weight excluding hydrogens is 202 g/mol. The van der Waals surface area contributed by atoms with Gasteiger partial charge in [0.25, 0.3) is 0 Å². The molecule has 0 saturated carbocycles. The SMILES string of the molecule is CC(C)c1nc(SCCC(=O)O)n[nH]1. The molecule has 0 aromatic carbocycles. The number of thioether (sulfide) groups is 1. The Kier molecular flexibility index (Phi) is 3.94. The number of rotatable bonds is 5. The summed E-state index contributed by atoms with van der Waals surface area (Å²) in [5.74, 6) is 0.862. The lowest BCUT2D eigenvalue weighted by molar-refractivity contribution is -0.136. The molecule has 0 aliphatic carbocycles. The van der Waals surface area contributed by atoms with E-state index in [-0.39, 0.29) is 6.42 Å². The fraction of sp³-hybridized carbons (Fsp3) is 0.625. The number of aromatic nitrogens is 3. The zero-order chi connectivity index (χ0) is 10.6. The predicted molar refractivity (Wildman–Crippen MR) is 53.4 cm³/mol. The van der Waals surface area contributed by atoms with Gasteiger partial charge >= 0.3 is 5.97 Å². The van der Waals surface area contributed by atoms with E-state index in [1.807, 2.05) is 13.8 Å². The van der Waals surface area contributed by atoms with E-state index in [1.165, 1.54) is 11.8 Å². The van der Waals surface area contributed by atoms with Gasteiger partial charge in [0, 0.05) is 11.7 Å². The quantitative estimate of drug-likeness (QED) is 0.727. The maximum atomic E-state index is 10.2. The van der Waals surface area contributed by atoms with Crippen LogP contribution in [0.25, 0.3) is 0 Å². The number of carbonyl (C=O) groups is 1. The summed E-state index contributed by atoms with van der Waals surface area (Å²) in [5, 5.41) is 15.8. The minimum absolute atomic E-state index is 0.135. The van der Waals surface area contributed by atoms with Gasteiger partial charge in [-0.15, -0.1) is 5.10 Å². The van der Waals surface area contributed by atoms with Gasteiger partial charge in [-0.1, -0.05) is 25.6 Å². The second-order valence-electron chi connectivity index (χ2n) is 3.15. The molecule has 0 bridgehead atoms. The van der Waals surface area contributed by atoms with E-state index in [2.05, 4.69) is 15.2 Å². The third-order valence-electron chi connectivity index (χ3n) is 1.58. The van der Waals surface area contributed by atoms with E-state index in [0.29, 0.717) is 16.8 Å². The normalized spacial score (nSPS) is 10.8. The summed E-state index contributed by atoms with van der Waals surface area (Å²) in [5.41, 5.74) is 0. The van der Waals surface area contributed by atoms with Crippen molar-refractivity contribution >= 4 is 17.7 Å². The maximum absolute atomic E-state index is 10.2. The van der Waals surface area contributed by atoms with E-state index in [4.69, 9.17) is 5.11 Å². The number of aromatic amines is 1. The van der Waals surface area contributed by atoms with Crippen molar-refractivity contribution in [2.24, 2.45) is 0 Å². The molecule has 0 atom stereocenters. The molecule has 0 aliphatic heterocycles. The van der Waals surface area contributed by atoms with Crippen LogP contribution in [-0.2, 0) is 4.79 Å². The van der Waals surface area contributed by atoms with Crippen molar-refractivity contribution in [1.29, 1.82) is 0 Å². The van der Waals surface area contributed by atoms with Gasteiger partial charge in [-0.05, 0) is 0 Å². The highest BCUT2D eigenvalue weighted by Crippen LogP contribution is 2.16. The zero-order valence-electron chi connectivity index (χ0n) is 8.15. The summed E-state index contributed by atoms with van der Waals surface area (Å²) in [6, 6.07) is 0. The van der Waals surface area contributed by atoms with E-state index in [1.54, 1.807) is 0 Å². The molecule has 2 N–H and O–H groups in total. The van der Waals surface area contributed by atoms with Crippen LogP contribution in [0.3, 0.4) is 0 Å². The predicted octanol–water partition coefficient (Wildman–Crippen LogP) is 1.49. The van der Waals surface area contributed by atoms with Crippen LogP contribution in [0, 0.1) is 0 Å². The van der Waals surface area contributed by atoms with Crippen molar-refractivity contribution < 1.29 is 9.90 Å². The summed E-state index contributed by atoms with van der Waals surface area (Å²) >= 11 is 1.35. The molecule has 0 saturated heterocycles. The third kappa shape index (κ3) is 3.37. The largest absolute Gasteiger partial charge is 0.481 e. The summed E-state index contributed by atoms with van der Waals surface area (Å²) in [6.07, 6.45) is 0.135. The first-order valence-corrected chi connectivity index (χ1v) is 5.35. The Labute approximate surface area is 86.3 Å². The smallest absolute Gasteiger partial charge is 0.304 e. The molecule has 0 spiro atoms. The average molecular weight is 215 g/mol. The zero-order valence-corrected chi connectivity index (χ0v) is 8.97. The molecular formula is C8H13N3O2S. The Hall–Kier alpha value is -1.04. The number of carboxylic acids is 1. The number of nitrogens with one attached hydrogen (secondary N) is 1. The van der Waals surface area contributed by atoms with Crippen LogP contribution in [-0.4, -0.2) is 32.0 Å². The van der Waals surface area contributed by atoms with Crippen molar-refractivity contribution in [3.8, 4) is 0 Å². The monoisotopic (exact) mass is 215 g/mol. The lowest BCUT2D eigenvalue weighted by Gasteiger charge is -1.95. The standard InChI is InChI=1S/C8H13N3O2S/c1-5(2)7-9-8(11-10-7)14-4-3-6(12)13/h5H,3-4H2,1-2H3,(H,12,13)(H,9,10,11). The lowest BCUT2D eigenvalue weighted by atomic mass is 10.2. The topological polar surface area (TPSA) is 78.9 Å². The molecule has 0 amide bonds. The minimum atomic E-state index is -0.794. The van der Waals surface area contributed by atoms with Crippen LogP contribution in [0.2, 0.25) is 0 Å². The molecule has 5 nitrogen and oxygen atoms in total. The summed E-state index contributed by atoms with van der Waals surface area (Å²) in [4.78, 5) is 14.5. The molecule has 0 fully saturated rings. The van der Waals surface area contributed by atoms with Crippen LogP contribution >= 0.6 is 11.8 Å². The fourth-order valence-electron chi connectivity index (χ4n) is 0.811. The van der Waals surface area contributed by atoms with E-state index >= 15 is 0 Å². The molecule has 1 aromatic heterocycles. The molecule has 0 aliphatic rings. The molecule has 0 unspecified atom stereocenters. The maximum Gasteiger partial charge on any atom is 0.304 e. The van der Waals surface area contributed by atoms with Crippen molar-refractivity contribution in [1.82, 2.24) is 15.2 Å². The van der Waals surface area contributed by atoms with E-state index < -0.39 is 5.97 Å². The molecule has 78 valence electrons. The summed E-state index contributed by atoms with van der Waals surface area (Å²) in [6.45, 7) is 4.04. The number of carboxylic acid groups (broad SMARTS) is 1. The van der Waals surface area contributed by atoms with Gasteiger partial charge in [0.15, 0.2) is 0 Å². The Morgan fingerprint density at radius 3 is 2.86 bits per heavy atom. The van der Waals surface area contributed by atoms with E-state index in [9.17, 15) is 4.79 Å². The van der Waals surface area contributed by atoms with Crippen molar-refractivity contribution in [3.05, 3.63) is 5.82 Å². The minimum Gasteiger partial charge on any atom is -0.481 e. The highest BCUT2D eigenvalue weighted by molar-refractivity contribution is 7.99. The number of aliphatic carboxylic acids is 1. The molecule has 6 heteroatoms. The van der Waals surface area contributed by atoms with Crippen molar-refractivity contribution in [2.75, 3.05) is 5.75 Å². The first-order chi connectivity index (χ1) is 6.59. The van der Waals surface area contributed by atoms with Gasteiger partial charge in [0.2, 0.25) is 5.16 Å². The molecule has 1 heterocycles. The first kappa shape index (κ1) is 11.0. The lowest BCUT2D eigenvalue weighted by Crippen LogP contribution is -1.96. The molecule has 0 radical (unpaired) electrons. The van der Waals surface area contributed by atoms with Crippen molar-refractivity contribution in [2.45, 2.75) is 31.3 Å². The molecule has 14 heavy (non-hydrogen) atoms. The van der Waals surface area contributed by atoms with Crippen LogP contribution in [0.5, 0.6) is 0 Å². The van der Waals surface area contributed by atoms with Gasteiger partial charge in [0.1, 0.15) is 5.82 Å². The highest BCUT2D eigenvalue weighted by atomic mass is 32.2. The number of nitrogens with zero attached hydrogens (tertiary/aromatic N) is 2. The number of H-pyrrole nitrogens is 1. The summed E-state index contributed by atoms with van der Waals surface area (Å²) < 4.78 is 0. The fourth-order valence-corrected chi connectivity index (χ4v) is 1.54. The Bertz CT molecular complexity index is 311. The highest BCUT2D eigenvalue weighted by Gasteiger charge is 2.07. The third-order valence-corrected chi connectivity index (χ3v) is 2.43. The van der Waals surface area contributed by atoms with Crippen LogP contribution < -0.4 is 0 Å². The van der Waals surface area contributed by atoms with Crippen LogP contribution in [0.15, 0.2) is 5.16 Å². The Balaban J connectivity index is 2.40. The van der Waals surface area contributed by atoms with Crippen LogP contribution in [0.1, 0.15) is 32.0 Å². The number of hydrogen-bond donors (Lipinski definition) is 2. The second-order valence-corrected chi connectivity index (χ2v) is 4.21. The van der Waals surface area contributed by atoms with Gasteiger partial charge in [-0.25, -0.2) is 4.98 Å². The Morgan fingerprint density at radius 1 is 1.64 bits per heavy atom. The number of hydrogen-bond acceptors (Lipinski definition) is 4. The summed E-state index contributed by atoms with van der Waals surface area (Å²) in [7, 11) is 0.